The summed E-state index contributed by atoms with van der Waals surface area (Å²) in [6.07, 6.45) is 5.57. The van der Waals surface area contributed by atoms with E-state index < -0.39 is 23.7 Å². The number of phenolic OH excluding ortho intramolecular Hbond substituents is 1. The van der Waals surface area contributed by atoms with Crippen LogP contribution in [0.15, 0.2) is 83.5 Å². The minimum atomic E-state index is -0.661. The number of imide groups is 1. The van der Waals surface area contributed by atoms with Gasteiger partial charge in [-0.15, -0.1) is 0 Å². The molecule has 7 nitrogen and oxygen atoms in total. The van der Waals surface area contributed by atoms with Crippen LogP contribution in [0.4, 0.5) is 5.69 Å². The maximum absolute atomic E-state index is 13.9. The number of Topliss-reactive ketones (excluding diaryl/α,β-unsaturated/α-hetero) is 1. The molecule has 0 radical (unpaired) electrons. The van der Waals surface area contributed by atoms with Gasteiger partial charge >= 0.3 is 0 Å². The Labute approximate surface area is 225 Å². The third-order valence-electron chi connectivity index (χ3n) is 8.48. The quantitative estimate of drug-likeness (QED) is 0.356. The zero-order chi connectivity index (χ0) is 27.6. The van der Waals surface area contributed by atoms with Crippen molar-refractivity contribution < 1.29 is 29.0 Å². The molecule has 39 heavy (non-hydrogen) atoms. The lowest BCUT2D eigenvalue weighted by atomic mass is 9.59. The number of carbonyl (C=O) groups is 4. The van der Waals surface area contributed by atoms with Gasteiger partial charge in [0.15, 0.2) is 11.6 Å². The minimum Gasteiger partial charge on any atom is -0.508 e. The molecule has 4 aliphatic rings. The van der Waals surface area contributed by atoms with E-state index in [2.05, 4.69) is 6.58 Å². The van der Waals surface area contributed by atoms with E-state index in [9.17, 15) is 24.3 Å². The summed E-state index contributed by atoms with van der Waals surface area (Å²) in [7, 11) is 1.48. The van der Waals surface area contributed by atoms with E-state index in [-0.39, 0.29) is 35.6 Å². The van der Waals surface area contributed by atoms with E-state index in [4.69, 9.17) is 4.74 Å². The fraction of sp³-hybridized carbons (Fsp3) is 0.250. The lowest BCUT2D eigenvalue weighted by molar-refractivity contribution is -0.123. The van der Waals surface area contributed by atoms with Crippen LogP contribution in [0.2, 0.25) is 0 Å². The molecule has 2 aromatic rings. The van der Waals surface area contributed by atoms with E-state index >= 15 is 0 Å². The largest absolute Gasteiger partial charge is 0.508 e. The zero-order valence-electron chi connectivity index (χ0n) is 21.6. The molecule has 1 fully saturated rings. The molecule has 7 heteroatoms. The van der Waals surface area contributed by atoms with Crippen LogP contribution in [0.25, 0.3) is 6.08 Å². The standard InChI is InChI=1S/C32H27NO6/c1-4-17-5-7-18(8-6-17)33-31(37)22-12-11-20-23(28(22)32(33)38)15-24-25(35)13-16(2)30(36)29(24)27(20)21-10-9-19(34)14-26(21)39-3/h4-11,13-14,22-23,27-28,34H,1,12,15H2,2-3H3. The van der Waals surface area contributed by atoms with Crippen LogP contribution in [0.1, 0.15) is 36.8 Å². The number of phenols is 1. The van der Waals surface area contributed by atoms with Crippen molar-refractivity contribution in [3.63, 3.8) is 0 Å². The Morgan fingerprint density at radius 2 is 1.77 bits per heavy atom. The zero-order valence-corrected chi connectivity index (χ0v) is 21.6. The van der Waals surface area contributed by atoms with E-state index in [1.54, 1.807) is 43.3 Å². The maximum Gasteiger partial charge on any atom is 0.238 e. The number of methoxy groups -OCH3 is 1. The highest BCUT2D eigenvalue weighted by Crippen LogP contribution is 2.56. The summed E-state index contributed by atoms with van der Waals surface area (Å²) in [4.78, 5) is 55.6. The molecule has 6 rings (SSSR count). The van der Waals surface area contributed by atoms with Crippen LogP contribution < -0.4 is 9.64 Å². The summed E-state index contributed by atoms with van der Waals surface area (Å²) < 4.78 is 5.59. The molecule has 1 N–H and O–H groups in total. The summed E-state index contributed by atoms with van der Waals surface area (Å²) in [6.45, 7) is 5.38. The van der Waals surface area contributed by atoms with Crippen LogP contribution in [0.5, 0.6) is 11.5 Å². The molecular weight excluding hydrogens is 494 g/mol. The van der Waals surface area contributed by atoms with Gasteiger partial charge in [-0.1, -0.05) is 42.5 Å². The van der Waals surface area contributed by atoms with Gasteiger partial charge in [-0.3, -0.25) is 24.1 Å². The Kier molecular flexibility index (Phi) is 5.75. The molecule has 4 atom stereocenters. The van der Waals surface area contributed by atoms with E-state index in [0.717, 1.165) is 11.1 Å². The number of carbonyl (C=O) groups excluding carboxylic acids is 4. The molecule has 0 saturated carbocycles. The predicted octanol–water partition coefficient (Wildman–Crippen LogP) is 4.68. The highest BCUT2D eigenvalue weighted by Gasteiger charge is 2.56. The Hall–Kier alpha value is -4.52. The lowest BCUT2D eigenvalue weighted by Gasteiger charge is -2.42. The molecule has 0 spiro atoms. The second kappa shape index (κ2) is 9.05. The van der Waals surface area contributed by atoms with Gasteiger partial charge < -0.3 is 9.84 Å². The summed E-state index contributed by atoms with van der Waals surface area (Å²) in [5, 5.41) is 10.1. The number of hydrogen-bond acceptors (Lipinski definition) is 6. The first-order chi connectivity index (χ1) is 18.7. The number of amides is 2. The average Bonchev–Trinajstić information content (AvgIpc) is 3.20. The monoisotopic (exact) mass is 521 g/mol. The minimum absolute atomic E-state index is 0.00616. The van der Waals surface area contributed by atoms with Crippen molar-refractivity contribution in [1.29, 1.82) is 0 Å². The third-order valence-corrected chi connectivity index (χ3v) is 8.48. The second-order valence-corrected chi connectivity index (χ2v) is 10.5. The van der Waals surface area contributed by atoms with Crippen molar-refractivity contribution in [3.05, 3.63) is 94.6 Å². The fourth-order valence-corrected chi connectivity index (χ4v) is 6.67. The number of aromatic hydroxyl groups is 1. The van der Waals surface area contributed by atoms with Crippen LogP contribution >= 0.6 is 0 Å². The molecule has 0 aromatic heterocycles. The smallest absolute Gasteiger partial charge is 0.238 e. The number of benzene rings is 2. The van der Waals surface area contributed by atoms with E-state index in [1.165, 1.54) is 30.2 Å². The maximum atomic E-state index is 13.9. The molecule has 2 amide bonds. The van der Waals surface area contributed by atoms with Crippen LogP contribution in [0, 0.1) is 17.8 Å². The predicted molar refractivity (Wildman–Crippen MR) is 145 cm³/mol. The van der Waals surface area contributed by atoms with E-state index in [1.807, 2.05) is 6.08 Å². The number of hydrogen-bond donors (Lipinski definition) is 1. The van der Waals surface area contributed by atoms with Gasteiger partial charge in [0.05, 0.1) is 24.6 Å². The fourth-order valence-electron chi connectivity index (χ4n) is 6.67. The van der Waals surface area contributed by atoms with Crippen LogP contribution in [-0.4, -0.2) is 35.6 Å². The molecule has 0 bridgehead atoms. The Balaban J connectivity index is 1.49. The van der Waals surface area contributed by atoms with Crippen LogP contribution in [-0.2, 0) is 19.2 Å². The number of anilines is 1. The van der Waals surface area contributed by atoms with Crippen molar-refractivity contribution in [3.8, 4) is 11.5 Å². The normalized spacial score (nSPS) is 26.1. The molecule has 2 aromatic carbocycles. The Morgan fingerprint density at radius 3 is 2.46 bits per heavy atom. The first kappa shape index (κ1) is 24.8. The van der Waals surface area contributed by atoms with Crippen molar-refractivity contribution in [2.24, 2.45) is 17.8 Å². The summed E-state index contributed by atoms with van der Waals surface area (Å²) in [5.74, 6) is -2.94. The van der Waals surface area contributed by atoms with Gasteiger partial charge in [-0.2, -0.15) is 0 Å². The molecule has 196 valence electrons. The Morgan fingerprint density at radius 1 is 1.03 bits per heavy atom. The van der Waals surface area contributed by atoms with Crippen molar-refractivity contribution in [2.75, 3.05) is 12.0 Å². The SMILES string of the molecule is C=Cc1ccc(N2C(=O)C3CC=C4C(c5ccc(O)cc5OC)C5=C(CC4C3C2=O)C(=O)C=C(C)C5=O)cc1. The van der Waals surface area contributed by atoms with Gasteiger partial charge in [0, 0.05) is 34.3 Å². The number of allylic oxidation sites excluding steroid dienone is 6. The van der Waals surface area contributed by atoms with Gasteiger partial charge in [-0.05, 0) is 55.5 Å². The highest BCUT2D eigenvalue weighted by atomic mass is 16.5. The first-order valence-corrected chi connectivity index (χ1v) is 12.9. The molecule has 3 aliphatic carbocycles. The number of rotatable bonds is 4. The summed E-state index contributed by atoms with van der Waals surface area (Å²) in [6, 6.07) is 11.8. The highest BCUT2D eigenvalue weighted by molar-refractivity contribution is 6.25. The molecule has 4 unspecified atom stereocenters. The van der Waals surface area contributed by atoms with Gasteiger partial charge in [0.1, 0.15) is 11.5 Å². The number of ether oxygens (including phenoxy) is 1. The lowest BCUT2D eigenvalue weighted by Crippen LogP contribution is -2.40. The van der Waals surface area contributed by atoms with Crippen molar-refractivity contribution >= 4 is 35.1 Å². The molecule has 1 saturated heterocycles. The number of nitrogens with zero attached hydrogens (tertiary/aromatic N) is 1. The summed E-state index contributed by atoms with van der Waals surface area (Å²) >= 11 is 0. The first-order valence-electron chi connectivity index (χ1n) is 12.9. The van der Waals surface area contributed by atoms with Gasteiger partial charge in [0.2, 0.25) is 11.8 Å². The number of fused-ring (bicyclic) bond motifs is 3. The topological polar surface area (TPSA) is 101 Å². The second-order valence-electron chi connectivity index (χ2n) is 10.5. The third kappa shape index (κ3) is 3.64. The molecule has 1 heterocycles. The summed E-state index contributed by atoms with van der Waals surface area (Å²) in [5.41, 5.74) is 3.96. The molecule has 1 aliphatic heterocycles. The van der Waals surface area contributed by atoms with Crippen molar-refractivity contribution in [1.82, 2.24) is 0 Å². The van der Waals surface area contributed by atoms with Gasteiger partial charge in [0.25, 0.3) is 0 Å². The van der Waals surface area contributed by atoms with Crippen molar-refractivity contribution in [2.45, 2.75) is 25.7 Å². The van der Waals surface area contributed by atoms with Crippen LogP contribution in [0.3, 0.4) is 0 Å². The molecular formula is C32H27NO6. The Bertz CT molecular complexity index is 1570. The van der Waals surface area contributed by atoms with E-state index in [0.29, 0.717) is 40.1 Å². The average molecular weight is 522 g/mol. The number of ketones is 2. The van der Waals surface area contributed by atoms with Gasteiger partial charge in [-0.25, -0.2) is 0 Å².